The predicted octanol–water partition coefficient (Wildman–Crippen LogP) is 0.923. The lowest BCUT2D eigenvalue weighted by Crippen LogP contribution is -2.37. The highest BCUT2D eigenvalue weighted by atomic mass is 19.1. The number of halogens is 2. The van der Waals surface area contributed by atoms with E-state index >= 15 is 0 Å². The first-order chi connectivity index (χ1) is 7.59. The number of ether oxygens (including phenoxy) is 1. The van der Waals surface area contributed by atoms with Gasteiger partial charge in [-0.2, -0.15) is 0 Å². The molecule has 2 heterocycles. The summed E-state index contributed by atoms with van der Waals surface area (Å²) < 4.78 is 30.8. The maximum atomic E-state index is 13.2. The number of nitrogens with one attached hydrogen (secondary N) is 1. The van der Waals surface area contributed by atoms with Crippen LogP contribution in [0.15, 0.2) is 12.3 Å². The largest absolute Gasteiger partial charge is 0.386 e. The van der Waals surface area contributed by atoms with E-state index in [0.29, 0.717) is 13.0 Å². The van der Waals surface area contributed by atoms with Crippen LogP contribution in [-0.4, -0.2) is 35.5 Å². The molecule has 1 aliphatic heterocycles. The standard InChI is InChI=1S/C10H12F2N2O2/c11-7-3-8(12)9(13-4-7)14-5-10(15)1-2-16-6-10/h3-4,15H,1-2,5-6H2,(H,13,14). The van der Waals surface area contributed by atoms with Crippen LogP contribution in [0.2, 0.25) is 0 Å². The molecular formula is C10H12F2N2O2. The van der Waals surface area contributed by atoms with Gasteiger partial charge in [-0.3, -0.25) is 0 Å². The van der Waals surface area contributed by atoms with Gasteiger partial charge in [0.25, 0.3) is 0 Å². The van der Waals surface area contributed by atoms with Crippen molar-refractivity contribution in [2.75, 3.05) is 25.1 Å². The zero-order valence-electron chi connectivity index (χ0n) is 8.54. The van der Waals surface area contributed by atoms with Crippen LogP contribution in [0.3, 0.4) is 0 Å². The normalized spacial score (nSPS) is 24.7. The monoisotopic (exact) mass is 230 g/mol. The predicted molar refractivity (Wildman–Crippen MR) is 53.0 cm³/mol. The van der Waals surface area contributed by atoms with Crippen LogP contribution in [0.4, 0.5) is 14.6 Å². The van der Waals surface area contributed by atoms with Gasteiger partial charge < -0.3 is 15.2 Å². The van der Waals surface area contributed by atoms with Crippen LogP contribution >= 0.6 is 0 Å². The number of pyridine rings is 1. The van der Waals surface area contributed by atoms with Crippen molar-refractivity contribution in [1.29, 1.82) is 0 Å². The third kappa shape index (κ3) is 2.45. The summed E-state index contributed by atoms with van der Waals surface area (Å²) in [5, 5.41) is 12.5. The first-order valence-corrected chi connectivity index (χ1v) is 4.94. The number of hydrogen-bond donors (Lipinski definition) is 2. The number of anilines is 1. The second kappa shape index (κ2) is 4.31. The first kappa shape index (κ1) is 11.2. The zero-order valence-corrected chi connectivity index (χ0v) is 8.54. The van der Waals surface area contributed by atoms with Gasteiger partial charge in [-0.15, -0.1) is 0 Å². The smallest absolute Gasteiger partial charge is 0.168 e. The lowest BCUT2D eigenvalue weighted by Gasteiger charge is -2.20. The van der Waals surface area contributed by atoms with Crippen LogP contribution in [0.1, 0.15) is 6.42 Å². The Bertz CT molecular complexity index is 381. The van der Waals surface area contributed by atoms with Gasteiger partial charge in [0, 0.05) is 25.6 Å². The number of nitrogens with zero attached hydrogens (tertiary/aromatic N) is 1. The van der Waals surface area contributed by atoms with Gasteiger partial charge in [-0.05, 0) is 0 Å². The molecule has 1 saturated heterocycles. The molecule has 0 saturated carbocycles. The fourth-order valence-corrected chi connectivity index (χ4v) is 1.53. The van der Waals surface area contributed by atoms with E-state index in [1.54, 1.807) is 0 Å². The Hall–Kier alpha value is -1.27. The molecule has 0 aliphatic carbocycles. The molecule has 1 atom stereocenters. The molecular weight excluding hydrogens is 218 g/mol. The number of aromatic nitrogens is 1. The summed E-state index contributed by atoms with van der Waals surface area (Å²) in [7, 11) is 0. The average Bonchev–Trinajstić information content (AvgIpc) is 2.64. The molecule has 1 fully saturated rings. The summed E-state index contributed by atoms with van der Waals surface area (Å²) in [6.07, 6.45) is 1.41. The van der Waals surface area contributed by atoms with Crippen LogP contribution in [0.25, 0.3) is 0 Å². The minimum Gasteiger partial charge on any atom is -0.386 e. The Labute approximate surface area is 91.3 Å². The SMILES string of the molecule is OC1(CNc2ncc(F)cc2F)CCOC1. The van der Waals surface area contributed by atoms with E-state index in [0.717, 1.165) is 12.3 Å². The third-order valence-electron chi connectivity index (χ3n) is 2.48. The highest BCUT2D eigenvalue weighted by Crippen LogP contribution is 2.19. The molecule has 4 nitrogen and oxygen atoms in total. The van der Waals surface area contributed by atoms with Gasteiger partial charge in [0.1, 0.15) is 11.4 Å². The van der Waals surface area contributed by atoms with Gasteiger partial charge in [0.15, 0.2) is 11.6 Å². The highest BCUT2D eigenvalue weighted by Gasteiger charge is 2.32. The molecule has 1 unspecified atom stereocenters. The summed E-state index contributed by atoms with van der Waals surface area (Å²) in [6.45, 7) is 0.822. The van der Waals surface area contributed by atoms with E-state index < -0.39 is 17.2 Å². The maximum absolute atomic E-state index is 13.2. The average molecular weight is 230 g/mol. The Morgan fingerprint density at radius 3 is 3.00 bits per heavy atom. The molecule has 6 heteroatoms. The summed E-state index contributed by atoms with van der Waals surface area (Å²) >= 11 is 0. The van der Waals surface area contributed by atoms with Crippen molar-refractivity contribution in [3.05, 3.63) is 23.9 Å². The van der Waals surface area contributed by atoms with Crippen LogP contribution in [-0.2, 0) is 4.74 Å². The van der Waals surface area contributed by atoms with E-state index in [-0.39, 0.29) is 19.0 Å². The van der Waals surface area contributed by atoms with Gasteiger partial charge in [0.2, 0.25) is 0 Å². The quantitative estimate of drug-likeness (QED) is 0.810. The van der Waals surface area contributed by atoms with Crippen molar-refractivity contribution in [3.63, 3.8) is 0 Å². The maximum Gasteiger partial charge on any atom is 0.168 e. The van der Waals surface area contributed by atoms with E-state index in [2.05, 4.69) is 10.3 Å². The second-order valence-corrected chi connectivity index (χ2v) is 3.86. The Morgan fingerprint density at radius 1 is 1.56 bits per heavy atom. The van der Waals surface area contributed by atoms with Crippen LogP contribution < -0.4 is 5.32 Å². The summed E-state index contributed by atoms with van der Waals surface area (Å²) in [4.78, 5) is 3.56. The molecule has 0 aromatic carbocycles. The molecule has 0 bridgehead atoms. The fraction of sp³-hybridized carbons (Fsp3) is 0.500. The van der Waals surface area contributed by atoms with Gasteiger partial charge in [-0.1, -0.05) is 0 Å². The zero-order chi connectivity index (χ0) is 11.6. The molecule has 0 amide bonds. The minimum absolute atomic E-state index is 0.0678. The molecule has 1 aliphatic rings. The molecule has 2 rings (SSSR count). The Balaban J connectivity index is 1.99. The van der Waals surface area contributed by atoms with Crippen molar-refractivity contribution in [1.82, 2.24) is 4.98 Å². The van der Waals surface area contributed by atoms with E-state index in [1.165, 1.54) is 0 Å². The highest BCUT2D eigenvalue weighted by molar-refractivity contribution is 5.36. The number of hydrogen-bond acceptors (Lipinski definition) is 4. The molecule has 16 heavy (non-hydrogen) atoms. The van der Waals surface area contributed by atoms with E-state index in [1.807, 2.05) is 0 Å². The van der Waals surface area contributed by atoms with Crippen molar-refractivity contribution in [2.24, 2.45) is 0 Å². The molecule has 1 aromatic heterocycles. The summed E-state index contributed by atoms with van der Waals surface area (Å²) in [5.74, 6) is -1.57. The van der Waals surface area contributed by atoms with E-state index in [9.17, 15) is 13.9 Å². The van der Waals surface area contributed by atoms with Gasteiger partial charge in [-0.25, -0.2) is 13.8 Å². The second-order valence-electron chi connectivity index (χ2n) is 3.86. The molecule has 0 spiro atoms. The van der Waals surface area contributed by atoms with Gasteiger partial charge >= 0.3 is 0 Å². The lowest BCUT2D eigenvalue weighted by atomic mass is 10.0. The third-order valence-corrected chi connectivity index (χ3v) is 2.48. The van der Waals surface area contributed by atoms with E-state index in [4.69, 9.17) is 4.74 Å². The van der Waals surface area contributed by atoms with Gasteiger partial charge in [0.05, 0.1) is 12.8 Å². The number of aliphatic hydroxyl groups is 1. The summed E-state index contributed by atoms with van der Waals surface area (Å²) in [6, 6.07) is 0.741. The molecule has 0 radical (unpaired) electrons. The molecule has 2 N–H and O–H groups in total. The van der Waals surface area contributed by atoms with Crippen LogP contribution in [0.5, 0.6) is 0 Å². The van der Waals surface area contributed by atoms with Crippen molar-refractivity contribution < 1.29 is 18.6 Å². The molecule has 88 valence electrons. The Kier molecular flexibility index (Phi) is 3.02. The molecule has 1 aromatic rings. The first-order valence-electron chi connectivity index (χ1n) is 4.94. The van der Waals surface area contributed by atoms with Crippen molar-refractivity contribution in [3.8, 4) is 0 Å². The van der Waals surface area contributed by atoms with Crippen LogP contribution in [0, 0.1) is 11.6 Å². The minimum atomic E-state index is -0.998. The van der Waals surface area contributed by atoms with Crippen molar-refractivity contribution >= 4 is 5.82 Å². The fourth-order valence-electron chi connectivity index (χ4n) is 1.53. The topological polar surface area (TPSA) is 54.4 Å². The lowest BCUT2D eigenvalue weighted by molar-refractivity contribution is 0.0381. The van der Waals surface area contributed by atoms with Crippen molar-refractivity contribution in [2.45, 2.75) is 12.0 Å². The summed E-state index contributed by atoms with van der Waals surface area (Å²) in [5.41, 5.74) is -0.998. The Morgan fingerprint density at radius 2 is 2.38 bits per heavy atom. The number of rotatable bonds is 3.